The molecule has 2 saturated heterocycles. The summed E-state index contributed by atoms with van der Waals surface area (Å²) in [6.07, 6.45) is 2.19. The van der Waals surface area contributed by atoms with Gasteiger partial charge in [0.2, 0.25) is 5.88 Å². The van der Waals surface area contributed by atoms with Crippen LogP contribution >= 0.6 is 0 Å². The van der Waals surface area contributed by atoms with Gasteiger partial charge in [0, 0.05) is 31.5 Å². The van der Waals surface area contributed by atoms with Crippen LogP contribution in [0.3, 0.4) is 0 Å². The number of piperidine rings is 1. The van der Waals surface area contributed by atoms with Crippen molar-refractivity contribution in [1.82, 2.24) is 15.2 Å². The summed E-state index contributed by atoms with van der Waals surface area (Å²) < 4.78 is 11.4. The van der Waals surface area contributed by atoms with Crippen molar-refractivity contribution in [3.05, 3.63) is 23.9 Å². The second kappa shape index (κ2) is 8.11. The number of nitrogens with zero attached hydrogens (tertiary/aromatic N) is 3. The zero-order chi connectivity index (χ0) is 19.4. The summed E-state index contributed by atoms with van der Waals surface area (Å²) in [7, 11) is 0. The first-order valence-electron chi connectivity index (χ1n) is 9.35. The Morgan fingerprint density at radius 1 is 1.52 bits per heavy atom. The van der Waals surface area contributed by atoms with Gasteiger partial charge < -0.3 is 19.9 Å². The van der Waals surface area contributed by atoms with Gasteiger partial charge in [-0.05, 0) is 39.1 Å². The van der Waals surface area contributed by atoms with Crippen molar-refractivity contribution in [2.45, 2.75) is 56.9 Å². The molecule has 2 fully saturated rings. The highest BCUT2D eigenvalue weighted by Crippen LogP contribution is 2.40. The molecular formula is C19H26N4O4. The van der Waals surface area contributed by atoms with Crippen LogP contribution in [0.1, 0.15) is 38.7 Å². The number of nitrogens with one attached hydrogen (secondary N) is 1. The van der Waals surface area contributed by atoms with Crippen molar-refractivity contribution in [2.75, 3.05) is 19.7 Å². The van der Waals surface area contributed by atoms with Crippen LogP contribution in [0.5, 0.6) is 5.88 Å². The van der Waals surface area contributed by atoms with Gasteiger partial charge >= 0.3 is 6.09 Å². The Balaban J connectivity index is 1.70. The number of aliphatic hydroxyl groups is 1. The van der Waals surface area contributed by atoms with Gasteiger partial charge in [0.05, 0.1) is 12.1 Å². The van der Waals surface area contributed by atoms with E-state index in [1.165, 1.54) is 6.20 Å². The predicted molar refractivity (Wildman–Crippen MR) is 97.1 cm³/mol. The van der Waals surface area contributed by atoms with Crippen molar-refractivity contribution in [3.8, 4) is 11.9 Å². The predicted octanol–water partition coefficient (Wildman–Crippen LogP) is 1.43. The lowest BCUT2D eigenvalue weighted by Gasteiger charge is -2.39. The molecule has 3 rings (SSSR count). The maximum absolute atomic E-state index is 12.5. The van der Waals surface area contributed by atoms with E-state index in [4.69, 9.17) is 14.7 Å². The van der Waals surface area contributed by atoms with Crippen LogP contribution in [0.25, 0.3) is 0 Å². The van der Waals surface area contributed by atoms with E-state index in [-0.39, 0.29) is 30.7 Å². The maximum Gasteiger partial charge on any atom is 0.411 e. The Morgan fingerprint density at radius 2 is 2.26 bits per heavy atom. The third-order valence-corrected chi connectivity index (χ3v) is 5.25. The van der Waals surface area contributed by atoms with E-state index < -0.39 is 11.7 Å². The number of aliphatic hydroxyl groups excluding tert-OH is 1. The molecule has 8 nitrogen and oxygen atoms in total. The fourth-order valence-electron chi connectivity index (χ4n) is 3.95. The molecule has 0 aliphatic carbocycles. The summed E-state index contributed by atoms with van der Waals surface area (Å²) in [4.78, 5) is 18.2. The molecule has 1 aromatic rings. The fraction of sp³-hybridized carbons (Fsp3) is 0.632. The second-order valence-corrected chi connectivity index (χ2v) is 7.37. The Kier molecular flexibility index (Phi) is 5.82. The number of nitriles is 1. The quantitative estimate of drug-likeness (QED) is 0.775. The molecule has 1 aromatic heterocycles. The molecular weight excluding hydrogens is 348 g/mol. The average Bonchev–Trinajstić information content (AvgIpc) is 2.91. The third-order valence-electron chi connectivity index (χ3n) is 5.25. The summed E-state index contributed by atoms with van der Waals surface area (Å²) >= 11 is 0. The number of hydrogen-bond donors (Lipinski definition) is 2. The number of rotatable bonds is 6. The van der Waals surface area contributed by atoms with Crippen molar-refractivity contribution in [3.63, 3.8) is 0 Å². The molecule has 0 aromatic carbocycles. The number of amides is 1. The van der Waals surface area contributed by atoms with E-state index in [9.17, 15) is 9.90 Å². The number of carbonyl (C=O) groups is 1. The molecule has 1 amide bonds. The van der Waals surface area contributed by atoms with Gasteiger partial charge in [0.15, 0.2) is 0 Å². The minimum atomic E-state index is -0.814. The molecule has 2 atom stereocenters. The van der Waals surface area contributed by atoms with Gasteiger partial charge in [-0.25, -0.2) is 9.78 Å². The van der Waals surface area contributed by atoms with Crippen LogP contribution < -0.4 is 10.1 Å². The lowest BCUT2D eigenvalue weighted by atomic mass is 9.82. The number of aromatic nitrogens is 1. The Morgan fingerprint density at radius 3 is 2.93 bits per heavy atom. The Bertz CT molecular complexity index is 712. The van der Waals surface area contributed by atoms with Crippen LogP contribution in [0.15, 0.2) is 18.3 Å². The summed E-state index contributed by atoms with van der Waals surface area (Å²) in [5.41, 5.74) is -0.251. The molecule has 3 heterocycles. The second-order valence-electron chi connectivity index (χ2n) is 7.37. The van der Waals surface area contributed by atoms with Crippen LogP contribution in [0.2, 0.25) is 0 Å². The first-order valence-corrected chi connectivity index (χ1v) is 9.35. The standard InChI is InChI=1S/C19H26N4O4/c1-13(2)23-16(19(27-18(23)25)5-8-21-9-6-19)10-15(24)12-26-17-14(11-20)4-3-7-22-17/h3-4,7,13,15-16,21,24H,5-6,8-10,12H2,1-2H3. The lowest BCUT2D eigenvalue weighted by molar-refractivity contribution is -0.0143. The normalized spacial score (nSPS) is 22.6. The Hall–Kier alpha value is -2.37. The van der Waals surface area contributed by atoms with Crippen molar-refractivity contribution >= 4 is 6.09 Å². The first-order chi connectivity index (χ1) is 13.0. The topological polar surface area (TPSA) is 108 Å². The van der Waals surface area contributed by atoms with Gasteiger partial charge in [-0.15, -0.1) is 0 Å². The maximum atomic E-state index is 12.5. The highest BCUT2D eigenvalue weighted by molar-refractivity contribution is 5.72. The lowest BCUT2D eigenvalue weighted by Crippen LogP contribution is -2.54. The van der Waals surface area contributed by atoms with E-state index in [2.05, 4.69) is 10.3 Å². The van der Waals surface area contributed by atoms with Gasteiger partial charge in [0.1, 0.15) is 23.8 Å². The van der Waals surface area contributed by atoms with Crippen molar-refractivity contribution < 1.29 is 19.4 Å². The zero-order valence-electron chi connectivity index (χ0n) is 15.7. The van der Waals surface area contributed by atoms with E-state index in [1.807, 2.05) is 19.9 Å². The molecule has 2 N–H and O–H groups in total. The number of pyridine rings is 1. The van der Waals surface area contributed by atoms with Crippen LogP contribution in [0, 0.1) is 11.3 Å². The van der Waals surface area contributed by atoms with Crippen LogP contribution in [-0.2, 0) is 4.74 Å². The van der Waals surface area contributed by atoms with E-state index in [0.717, 1.165) is 25.9 Å². The largest absolute Gasteiger partial charge is 0.474 e. The molecule has 0 saturated carbocycles. The molecule has 8 heteroatoms. The molecule has 2 aliphatic rings. The number of ether oxygens (including phenoxy) is 2. The molecule has 0 radical (unpaired) electrons. The smallest absolute Gasteiger partial charge is 0.411 e. The SMILES string of the molecule is CC(C)N1C(=O)OC2(CCNCC2)C1CC(O)COc1ncccc1C#N. The van der Waals surface area contributed by atoms with Crippen LogP contribution in [-0.4, -0.2) is 64.6 Å². The highest BCUT2D eigenvalue weighted by Gasteiger charge is 2.55. The summed E-state index contributed by atoms with van der Waals surface area (Å²) in [5, 5.41) is 23.0. The van der Waals surface area contributed by atoms with E-state index in [0.29, 0.717) is 12.0 Å². The van der Waals surface area contributed by atoms with E-state index in [1.54, 1.807) is 17.0 Å². The number of carbonyl (C=O) groups excluding carboxylic acids is 1. The first kappa shape index (κ1) is 19.4. The molecule has 27 heavy (non-hydrogen) atoms. The minimum absolute atomic E-state index is 0.00332. The average molecular weight is 374 g/mol. The van der Waals surface area contributed by atoms with Gasteiger partial charge in [-0.2, -0.15) is 5.26 Å². The number of hydrogen-bond acceptors (Lipinski definition) is 7. The Labute approximate surface area is 159 Å². The van der Waals surface area contributed by atoms with Gasteiger partial charge in [0.25, 0.3) is 0 Å². The summed E-state index contributed by atoms with van der Waals surface area (Å²) in [6.45, 7) is 5.45. The van der Waals surface area contributed by atoms with Gasteiger partial charge in [-0.3, -0.25) is 4.90 Å². The summed E-state index contributed by atoms with van der Waals surface area (Å²) in [6, 6.07) is 5.05. The van der Waals surface area contributed by atoms with Crippen molar-refractivity contribution in [1.29, 1.82) is 5.26 Å². The molecule has 1 spiro atoms. The zero-order valence-corrected chi connectivity index (χ0v) is 15.7. The van der Waals surface area contributed by atoms with Gasteiger partial charge in [-0.1, -0.05) is 0 Å². The monoisotopic (exact) mass is 374 g/mol. The van der Waals surface area contributed by atoms with E-state index >= 15 is 0 Å². The third kappa shape index (κ3) is 3.99. The molecule has 0 bridgehead atoms. The highest BCUT2D eigenvalue weighted by atomic mass is 16.6. The summed E-state index contributed by atoms with van der Waals surface area (Å²) in [5.74, 6) is 0.204. The molecule has 2 aliphatic heterocycles. The molecule has 2 unspecified atom stereocenters. The van der Waals surface area contributed by atoms with Crippen molar-refractivity contribution in [2.24, 2.45) is 0 Å². The molecule has 146 valence electrons. The fourth-order valence-corrected chi connectivity index (χ4v) is 3.95. The minimum Gasteiger partial charge on any atom is -0.474 e. The van der Waals surface area contributed by atoms with Crippen LogP contribution in [0.4, 0.5) is 4.79 Å².